The van der Waals surface area contributed by atoms with Crippen molar-refractivity contribution < 1.29 is 14.8 Å². The summed E-state index contributed by atoms with van der Waals surface area (Å²) in [5.41, 5.74) is 6.67. The lowest BCUT2D eigenvalue weighted by molar-refractivity contribution is -0.386. The number of aliphatic carboxylic acids is 1. The highest BCUT2D eigenvalue weighted by atomic mass is 16.6. The predicted octanol–water partition coefficient (Wildman–Crippen LogP) is 1.77. The van der Waals surface area contributed by atoms with E-state index in [4.69, 9.17) is 10.8 Å². The first-order valence-electron chi connectivity index (χ1n) is 5.14. The van der Waals surface area contributed by atoms with Crippen molar-refractivity contribution in [2.45, 2.75) is 25.8 Å². The average Bonchev–Trinajstić information content (AvgIpc) is 2.24. The molecule has 3 N–H and O–H groups in total. The van der Waals surface area contributed by atoms with Gasteiger partial charge in [0.25, 0.3) is 5.69 Å². The Balaban J connectivity index is 3.00. The molecule has 0 fully saturated rings. The molecule has 0 bridgehead atoms. The molecule has 0 radical (unpaired) electrons. The van der Waals surface area contributed by atoms with Crippen LogP contribution in [0.2, 0.25) is 0 Å². The summed E-state index contributed by atoms with van der Waals surface area (Å²) < 4.78 is 0. The number of nitro groups is 1. The molecule has 1 rings (SSSR count). The van der Waals surface area contributed by atoms with Crippen molar-refractivity contribution in [3.63, 3.8) is 0 Å². The molecule has 0 spiro atoms. The first-order valence-corrected chi connectivity index (χ1v) is 5.14. The Morgan fingerprint density at radius 1 is 1.59 bits per heavy atom. The number of benzene rings is 1. The SMILES string of the molecule is Cc1cccc(C(N)CCC(=O)O)c1[N+](=O)[O-]. The summed E-state index contributed by atoms with van der Waals surface area (Å²) in [7, 11) is 0. The van der Waals surface area contributed by atoms with Crippen LogP contribution in [-0.4, -0.2) is 16.0 Å². The van der Waals surface area contributed by atoms with Crippen LogP contribution in [0.15, 0.2) is 18.2 Å². The molecule has 6 nitrogen and oxygen atoms in total. The number of carbonyl (C=O) groups is 1. The number of para-hydroxylation sites is 1. The smallest absolute Gasteiger partial charge is 0.303 e. The molecule has 6 heteroatoms. The summed E-state index contributed by atoms with van der Waals surface area (Å²) in [6.07, 6.45) is 0.0753. The van der Waals surface area contributed by atoms with Gasteiger partial charge < -0.3 is 10.8 Å². The monoisotopic (exact) mass is 238 g/mol. The summed E-state index contributed by atoms with van der Waals surface area (Å²) >= 11 is 0. The van der Waals surface area contributed by atoms with E-state index in [2.05, 4.69) is 0 Å². The largest absolute Gasteiger partial charge is 0.481 e. The summed E-state index contributed by atoms with van der Waals surface area (Å²) in [5, 5.41) is 19.5. The second kappa shape index (κ2) is 5.40. The first kappa shape index (κ1) is 13.1. The van der Waals surface area contributed by atoms with E-state index in [1.165, 1.54) is 0 Å². The molecule has 1 aromatic rings. The van der Waals surface area contributed by atoms with Gasteiger partial charge in [-0.05, 0) is 13.3 Å². The molecule has 17 heavy (non-hydrogen) atoms. The molecule has 0 aromatic heterocycles. The highest BCUT2D eigenvalue weighted by Crippen LogP contribution is 2.29. The maximum absolute atomic E-state index is 10.9. The van der Waals surface area contributed by atoms with E-state index >= 15 is 0 Å². The van der Waals surface area contributed by atoms with Crippen LogP contribution in [0.25, 0.3) is 0 Å². The van der Waals surface area contributed by atoms with E-state index in [0.717, 1.165) is 0 Å². The third-order valence-electron chi connectivity index (χ3n) is 2.52. The van der Waals surface area contributed by atoms with Crippen LogP contribution in [0.4, 0.5) is 5.69 Å². The minimum Gasteiger partial charge on any atom is -0.481 e. The maximum Gasteiger partial charge on any atom is 0.303 e. The van der Waals surface area contributed by atoms with Crippen LogP contribution in [-0.2, 0) is 4.79 Å². The fraction of sp³-hybridized carbons (Fsp3) is 0.364. The van der Waals surface area contributed by atoms with Crippen LogP contribution in [0.1, 0.15) is 30.0 Å². The summed E-state index contributed by atoms with van der Waals surface area (Å²) in [5.74, 6) is -0.962. The van der Waals surface area contributed by atoms with Gasteiger partial charge in [-0.2, -0.15) is 0 Å². The third-order valence-corrected chi connectivity index (χ3v) is 2.52. The van der Waals surface area contributed by atoms with E-state index in [1.807, 2.05) is 0 Å². The van der Waals surface area contributed by atoms with Crippen LogP contribution < -0.4 is 5.73 Å². The van der Waals surface area contributed by atoms with E-state index < -0.39 is 16.9 Å². The lowest BCUT2D eigenvalue weighted by Gasteiger charge is -2.12. The van der Waals surface area contributed by atoms with Crippen molar-refractivity contribution in [3.8, 4) is 0 Å². The summed E-state index contributed by atoms with van der Waals surface area (Å²) in [6.45, 7) is 1.63. The number of aryl methyl sites for hydroxylation is 1. The Morgan fingerprint density at radius 2 is 2.24 bits per heavy atom. The van der Waals surface area contributed by atoms with Gasteiger partial charge in [0.05, 0.1) is 4.92 Å². The van der Waals surface area contributed by atoms with Crippen molar-refractivity contribution in [1.82, 2.24) is 0 Å². The molecule has 1 atom stereocenters. The standard InChI is InChI=1S/C11H14N2O4/c1-7-3-2-4-8(11(7)13(16)17)9(12)5-6-10(14)15/h2-4,9H,5-6,12H2,1H3,(H,14,15). The molecular formula is C11H14N2O4. The summed E-state index contributed by atoms with van der Waals surface area (Å²) in [6, 6.07) is 4.24. The molecule has 0 aliphatic carbocycles. The topological polar surface area (TPSA) is 106 Å². The quantitative estimate of drug-likeness (QED) is 0.600. The van der Waals surface area contributed by atoms with Crippen LogP contribution in [0.3, 0.4) is 0 Å². The zero-order valence-corrected chi connectivity index (χ0v) is 9.42. The van der Waals surface area contributed by atoms with Gasteiger partial charge in [-0.15, -0.1) is 0 Å². The number of hydrogen-bond acceptors (Lipinski definition) is 4. The molecular weight excluding hydrogens is 224 g/mol. The second-order valence-electron chi connectivity index (χ2n) is 3.81. The fourth-order valence-corrected chi connectivity index (χ4v) is 1.66. The number of hydrogen-bond donors (Lipinski definition) is 2. The van der Waals surface area contributed by atoms with Gasteiger partial charge in [0.2, 0.25) is 0 Å². The van der Waals surface area contributed by atoms with Crippen LogP contribution in [0, 0.1) is 17.0 Å². The molecule has 0 amide bonds. The van der Waals surface area contributed by atoms with Crippen molar-refractivity contribution in [2.75, 3.05) is 0 Å². The van der Waals surface area contributed by atoms with Gasteiger partial charge in [0.15, 0.2) is 0 Å². The number of rotatable bonds is 5. The third kappa shape index (κ3) is 3.25. The molecule has 0 heterocycles. The van der Waals surface area contributed by atoms with Crippen molar-refractivity contribution in [1.29, 1.82) is 0 Å². The lowest BCUT2D eigenvalue weighted by Crippen LogP contribution is -2.14. The number of carboxylic acid groups (broad SMARTS) is 1. The normalized spacial score (nSPS) is 12.1. The molecule has 1 unspecified atom stereocenters. The van der Waals surface area contributed by atoms with Gasteiger partial charge in [-0.3, -0.25) is 14.9 Å². The molecule has 92 valence electrons. The average molecular weight is 238 g/mol. The zero-order valence-electron chi connectivity index (χ0n) is 9.42. The molecule has 1 aromatic carbocycles. The Labute approximate surface area is 98.2 Å². The molecule has 0 saturated carbocycles. The first-order chi connectivity index (χ1) is 7.93. The van der Waals surface area contributed by atoms with Crippen molar-refractivity contribution in [3.05, 3.63) is 39.4 Å². The minimum absolute atomic E-state index is 0.0228. The Hall–Kier alpha value is -1.95. The molecule has 0 aliphatic rings. The highest BCUT2D eigenvalue weighted by molar-refractivity contribution is 5.66. The van der Waals surface area contributed by atoms with E-state index in [-0.39, 0.29) is 18.5 Å². The number of nitro benzene ring substituents is 1. The Bertz CT molecular complexity index is 445. The van der Waals surface area contributed by atoms with Gasteiger partial charge in [0.1, 0.15) is 0 Å². The number of carboxylic acids is 1. The van der Waals surface area contributed by atoms with Gasteiger partial charge in [-0.1, -0.05) is 18.2 Å². The number of nitrogens with zero attached hydrogens (tertiary/aromatic N) is 1. The minimum atomic E-state index is -0.962. The predicted molar refractivity (Wildman–Crippen MR) is 61.6 cm³/mol. The van der Waals surface area contributed by atoms with Crippen molar-refractivity contribution >= 4 is 11.7 Å². The molecule has 0 aliphatic heterocycles. The highest BCUT2D eigenvalue weighted by Gasteiger charge is 2.21. The fourth-order valence-electron chi connectivity index (χ4n) is 1.66. The van der Waals surface area contributed by atoms with Crippen LogP contribution in [0.5, 0.6) is 0 Å². The van der Waals surface area contributed by atoms with Crippen LogP contribution >= 0.6 is 0 Å². The number of nitrogens with two attached hydrogens (primary N) is 1. The zero-order chi connectivity index (χ0) is 13.0. The lowest BCUT2D eigenvalue weighted by atomic mass is 9.98. The van der Waals surface area contributed by atoms with Gasteiger partial charge in [-0.25, -0.2) is 0 Å². The van der Waals surface area contributed by atoms with E-state index in [1.54, 1.807) is 25.1 Å². The van der Waals surface area contributed by atoms with Crippen molar-refractivity contribution in [2.24, 2.45) is 5.73 Å². The molecule has 0 saturated heterocycles. The van der Waals surface area contributed by atoms with Gasteiger partial charge >= 0.3 is 5.97 Å². The van der Waals surface area contributed by atoms with E-state index in [9.17, 15) is 14.9 Å². The second-order valence-corrected chi connectivity index (χ2v) is 3.81. The Kier molecular flexibility index (Phi) is 4.17. The summed E-state index contributed by atoms with van der Waals surface area (Å²) in [4.78, 5) is 20.9. The Morgan fingerprint density at radius 3 is 2.76 bits per heavy atom. The van der Waals surface area contributed by atoms with Gasteiger partial charge in [0, 0.05) is 23.6 Å². The maximum atomic E-state index is 10.9. The van der Waals surface area contributed by atoms with E-state index in [0.29, 0.717) is 11.1 Å².